The number of aryl methyl sites for hydroxylation is 1. The van der Waals surface area contributed by atoms with E-state index in [4.69, 9.17) is 0 Å². The van der Waals surface area contributed by atoms with Gasteiger partial charge >= 0.3 is 12.5 Å². The smallest absolute Gasteiger partial charge is 0.406 e. The first-order chi connectivity index (χ1) is 11.5. The molecule has 0 aliphatic carbocycles. The molecule has 0 aliphatic rings. The van der Waals surface area contributed by atoms with Gasteiger partial charge in [-0.2, -0.15) is 13.2 Å². The van der Waals surface area contributed by atoms with Gasteiger partial charge in [-0.1, -0.05) is 0 Å². The van der Waals surface area contributed by atoms with Crippen LogP contribution in [0.4, 0.5) is 26.3 Å². The summed E-state index contributed by atoms with van der Waals surface area (Å²) in [6.07, 6.45) is -7.38. The fraction of sp³-hybridized carbons (Fsp3) is 0.214. The van der Waals surface area contributed by atoms with E-state index in [0.717, 1.165) is 28.9 Å². The Bertz CT molecular complexity index is 931. The van der Waals surface area contributed by atoms with Crippen LogP contribution in [-0.4, -0.2) is 25.9 Å². The number of aromatic nitrogens is 4. The van der Waals surface area contributed by atoms with E-state index in [1.54, 1.807) is 0 Å². The molecule has 2 heterocycles. The minimum absolute atomic E-state index is 0.106. The highest BCUT2D eigenvalue weighted by Crippen LogP contribution is 2.31. The Hall–Kier alpha value is -2.85. The first-order valence-corrected chi connectivity index (χ1v) is 6.69. The summed E-state index contributed by atoms with van der Waals surface area (Å²) in [4.78, 5) is 3.98. The Morgan fingerprint density at radius 1 is 1.04 bits per heavy atom. The lowest BCUT2D eigenvalue weighted by Crippen LogP contribution is -2.17. The Labute approximate surface area is 135 Å². The number of alkyl halides is 6. The van der Waals surface area contributed by atoms with Gasteiger partial charge in [-0.3, -0.25) is 9.38 Å². The first-order valence-electron chi connectivity index (χ1n) is 6.69. The number of ether oxygens (including phenoxy) is 1. The molecule has 0 fully saturated rings. The Morgan fingerprint density at radius 3 is 2.36 bits per heavy atom. The molecule has 0 unspecified atom stereocenters. The van der Waals surface area contributed by atoms with Gasteiger partial charge < -0.3 is 4.74 Å². The van der Waals surface area contributed by atoms with Gasteiger partial charge in [0.25, 0.3) is 0 Å². The summed E-state index contributed by atoms with van der Waals surface area (Å²) in [6, 6.07) is 3.45. The van der Waals surface area contributed by atoms with Crippen LogP contribution in [0, 0.1) is 6.92 Å². The van der Waals surface area contributed by atoms with E-state index in [1.165, 1.54) is 13.0 Å². The standard InChI is InChI=1S/C14H8F6N4O/c1-7-4-8(25-14(18,19)20)2-3-9(7)10-6-24-11(5-21-10)22-23-12(24)13(15,16)17/h2-6H,1H3. The van der Waals surface area contributed by atoms with Crippen LogP contribution in [0.1, 0.15) is 11.4 Å². The predicted molar refractivity (Wildman–Crippen MR) is 72.6 cm³/mol. The molecule has 0 bridgehead atoms. The number of rotatable bonds is 2. The molecular weight excluding hydrogens is 354 g/mol. The molecule has 1 aromatic carbocycles. The van der Waals surface area contributed by atoms with Crippen molar-refractivity contribution >= 4 is 5.65 Å². The molecule has 132 valence electrons. The number of fused-ring (bicyclic) bond motifs is 1. The molecule has 0 saturated carbocycles. The van der Waals surface area contributed by atoms with E-state index in [2.05, 4.69) is 19.9 Å². The van der Waals surface area contributed by atoms with Crippen LogP contribution in [0.2, 0.25) is 0 Å². The summed E-state index contributed by atoms with van der Waals surface area (Å²) in [5, 5.41) is 6.46. The van der Waals surface area contributed by atoms with Crippen molar-refractivity contribution in [3.8, 4) is 17.0 Å². The summed E-state index contributed by atoms with van der Waals surface area (Å²) in [6.45, 7) is 1.49. The van der Waals surface area contributed by atoms with Gasteiger partial charge in [0.15, 0.2) is 5.65 Å². The van der Waals surface area contributed by atoms with E-state index in [-0.39, 0.29) is 11.3 Å². The molecule has 11 heteroatoms. The molecule has 3 aromatic rings. The fourth-order valence-corrected chi connectivity index (χ4v) is 2.25. The van der Waals surface area contributed by atoms with Gasteiger partial charge in [0, 0.05) is 11.8 Å². The monoisotopic (exact) mass is 362 g/mol. The van der Waals surface area contributed by atoms with E-state index < -0.39 is 24.1 Å². The van der Waals surface area contributed by atoms with Gasteiger partial charge in [-0.25, -0.2) is 0 Å². The molecule has 25 heavy (non-hydrogen) atoms. The zero-order valence-corrected chi connectivity index (χ0v) is 12.4. The number of hydrogen-bond donors (Lipinski definition) is 0. The predicted octanol–water partition coefficient (Wildman–Crippen LogP) is 4.02. The molecule has 0 radical (unpaired) electrons. The van der Waals surface area contributed by atoms with Crippen LogP contribution in [0.25, 0.3) is 16.9 Å². The van der Waals surface area contributed by atoms with Crippen molar-refractivity contribution in [1.29, 1.82) is 0 Å². The van der Waals surface area contributed by atoms with E-state index in [0.29, 0.717) is 11.1 Å². The Balaban J connectivity index is 2.04. The largest absolute Gasteiger partial charge is 0.573 e. The Morgan fingerprint density at radius 2 is 1.76 bits per heavy atom. The van der Waals surface area contributed by atoms with Crippen molar-refractivity contribution in [2.24, 2.45) is 0 Å². The van der Waals surface area contributed by atoms with E-state index in [9.17, 15) is 26.3 Å². The lowest BCUT2D eigenvalue weighted by molar-refractivity contribution is -0.274. The van der Waals surface area contributed by atoms with Crippen LogP contribution in [-0.2, 0) is 6.18 Å². The van der Waals surface area contributed by atoms with Gasteiger partial charge in [-0.05, 0) is 30.7 Å². The zero-order valence-electron chi connectivity index (χ0n) is 12.4. The molecule has 0 atom stereocenters. The first kappa shape index (κ1) is 17.0. The minimum Gasteiger partial charge on any atom is -0.406 e. The van der Waals surface area contributed by atoms with Crippen LogP contribution in [0.3, 0.4) is 0 Å². The lowest BCUT2D eigenvalue weighted by Gasteiger charge is -2.12. The molecular formula is C14H8F6N4O. The molecule has 0 amide bonds. The summed E-state index contributed by atoms with van der Waals surface area (Å²) in [7, 11) is 0. The number of nitrogens with zero attached hydrogens (tertiary/aromatic N) is 4. The van der Waals surface area contributed by atoms with Crippen molar-refractivity contribution in [1.82, 2.24) is 19.6 Å². The number of hydrogen-bond acceptors (Lipinski definition) is 4. The molecule has 0 saturated heterocycles. The van der Waals surface area contributed by atoms with E-state index >= 15 is 0 Å². The molecule has 3 rings (SSSR count). The third kappa shape index (κ3) is 3.49. The molecule has 0 spiro atoms. The fourth-order valence-electron chi connectivity index (χ4n) is 2.25. The third-order valence-electron chi connectivity index (χ3n) is 3.25. The van der Waals surface area contributed by atoms with Gasteiger partial charge in [0.2, 0.25) is 5.82 Å². The van der Waals surface area contributed by atoms with E-state index in [1.807, 2.05) is 0 Å². The second kappa shape index (κ2) is 5.60. The number of halogens is 6. The van der Waals surface area contributed by atoms with Crippen molar-refractivity contribution in [3.63, 3.8) is 0 Å². The molecule has 2 aromatic heterocycles. The second-order valence-corrected chi connectivity index (χ2v) is 5.05. The minimum atomic E-state index is -4.84. The van der Waals surface area contributed by atoms with Crippen LogP contribution in [0.15, 0.2) is 30.6 Å². The van der Waals surface area contributed by atoms with Gasteiger partial charge in [0.05, 0.1) is 11.9 Å². The second-order valence-electron chi connectivity index (χ2n) is 5.05. The highest BCUT2D eigenvalue weighted by atomic mass is 19.4. The maximum Gasteiger partial charge on any atom is 0.573 e. The highest BCUT2D eigenvalue weighted by molar-refractivity contribution is 5.65. The quantitative estimate of drug-likeness (QED) is 0.647. The molecule has 0 aliphatic heterocycles. The van der Waals surface area contributed by atoms with Gasteiger partial charge in [-0.15, -0.1) is 23.4 Å². The zero-order chi connectivity index (χ0) is 18.4. The third-order valence-corrected chi connectivity index (χ3v) is 3.25. The average molecular weight is 362 g/mol. The highest BCUT2D eigenvalue weighted by Gasteiger charge is 2.37. The van der Waals surface area contributed by atoms with Crippen LogP contribution >= 0.6 is 0 Å². The molecule has 5 nitrogen and oxygen atoms in total. The number of benzene rings is 1. The van der Waals surface area contributed by atoms with Crippen molar-refractivity contribution in [3.05, 3.63) is 42.0 Å². The topological polar surface area (TPSA) is 52.3 Å². The maximum absolute atomic E-state index is 12.9. The summed E-state index contributed by atoms with van der Waals surface area (Å²) >= 11 is 0. The normalized spacial score (nSPS) is 12.6. The van der Waals surface area contributed by atoms with Crippen molar-refractivity contribution in [2.45, 2.75) is 19.5 Å². The van der Waals surface area contributed by atoms with Crippen LogP contribution < -0.4 is 4.74 Å². The molecule has 0 N–H and O–H groups in total. The average Bonchev–Trinajstić information content (AvgIpc) is 2.88. The Kier molecular flexibility index (Phi) is 3.81. The maximum atomic E-state index is 12.9. The summed E-state index contributed by atoms with van der Waals surface area (Å²) in [5.74, 6) is -1.66. The summed E-state index contributed by atoms with van der Waals surface area (Å²) in [5.41, 5.74) is 0.702. The lowest BCUT2D eigenvalue weighted by atomic mass is 10.1. The van der Waals surface area contributed by atoms with Crippen LogP contribution in [0.5, 0.6) is 5.75 Å². The summed E-state index contributed by atoms with van der Waals surface area (Å²) < 4.78 is 79.9. The SMILES string of the molecule is Cc1cc(OC(F)(F)F)ccc1-c1cn2c(C(F)(F)F)nnc2cn1. The van der Waals surface area contributed by atoms with Crippen molar-refractivity contribution in [2.75, 3.05) is 0 Å². The van der Waals surface area contributed by atoms with Crippen molar-refractivity contribution < 1.29 is 31.1 Å². The van der Waals surface area contributed by atoms with Gasteiger partial charge in [0.1, 0.15) is 5.75 Å².